The first-order valence-electron chi connectivity index (χ1n) is 8.23. The first-order chi connectivity index (χ1) is 12.2. The van der Waals surface area contributed by atoms with Crippen LogP contribution in [0.5, 0.6) is 0 Å². The van der Waals surface area contributed by atoms with Crippen LogP contribution in [0.2, 0.25) is 5.02 Å². The number of nitrogens with two attached hydrogens (primary N) is 1. The largest absolute Gasteiger partial charge is 0.351 e. The van der Waals surface area contributed by atoms with Crippen molar-refractivity contribution >= 4 is 60.0 Å². The fraction of sp³-hybridized carbons (Fsp3) is 0.211. The number of hydrogen-bond donors (Lipinski definition) is 2. The molecular formula is C19H17BrClN3S. The van der Waals surface area contributed by atoms with Gasteiger partial charge in [0.05, 0.1) is 21.4 Å². The van der Waals surface area contributed by atoms with Gasteiger partial charge in [-0.3, -0.25) is 0 Å². The zero-order chi connectivity index (χ0) is 17.4. The summed E-state index contributed by atoms with van der Waals surface area (Å²) in [5, 5.41) is 2.91. The van der Waals surface area contributed by atoms with Crippen LogP contribution in [0.1, 0.15) is 18.4 Å². The van der Waals surface area contributed by atoms with E-state index in [-0.39, 0.29) is 0 Å². The van der Waals surface area contributed by atoms with E-state index < -0.39 is 0 Å². The Labute approximate surface area is 163 Å². The molecule has 0 aliphatic heterocycles. The number of aromatic amines is 1. The van der Waals surface area contributed by atoms with Crippen molar-refractivity contribution in [1.29, 1.82) is 0 Å². The van der Waals surface area contributed by atoms with Gasteiger partial charge in [0.2, 0.25) is 0 Å². The van der Waals surface area contributed by atoms with Crippen molar-refractivity contribution in [3.8, 4) is 10.7 Å². The second-order valence-electron chi connectivity index (χ2n) is 6.02. The molecule has 0 atom stereocenters. The molecule has 3 nitrogen and oxygen atoms in total. The number of aromatic nitrogens is 2. The van der Waals surface area contributed by atoms with E-state index in [1.54, 1.807) is 11.3 Å². The van der Waals surface area contributed by atoms with Gasteiger partial charge >= 0.3 is 0 Å². The summed E-state index contributed by atoms with van der Waals surface area (Å²) in [5.41, 5.74) is 10.1. The third-order valence-electron chi connectivity index (χ3n) is 4.32. The van der Waals surface area contributed by atoms with E-state index >= 15 is 0 Å². The first-order valence-corrected chi connectivity index (χ1v) is 10.2. The van der Waals surface area contributed by atoms with Gasteiger partial charge in [-0.1, -0.05) is 23.7 Å². The molecule has 0 aliphatic carbocycles. The summed E-state index contributed by atoms with van der Waals surface area (Å²) in [4.78, 5) is 8.41. The standard InChI is InChI=1S/C19H17BrClN3S/c20-14-10-11(21)9-13-12(5-3-4-8-22)18(24-17(13)14)19-23-15-6-1-2-7-16(15)25-19/h1-2,6-7,9-10,24H,3-5,8,22H2. The van der Waals surface area contributed by atoms with Gasteiger partial charge < -0.3 is 10.7 Å². The van der Waals surface area contributed by atoms with Crippen LogP contribution < -0.4 is 5.73 Å². The second-order valence-corrected chi connectivity index (χ2v) is 8.34. The van der Waals surface area contributed by atoms with Crippen LogP contribution >= 0.6 is 38.9 Å². The maximum absolute atomic E-state index is 6.30. The maximum atomic E-state index is 6.30. The molecular weight excluding hydrogens is 418 g/mol. The van der Waals surface area contributed by atoms with E-state index in [9.17, 15) is 0 Å². The molecule has 25 heavy (non-hydrogen) atoms. The molecule has 0 saturated heterocycles. The van der Waals surface area contributed by atoms with Gasteiger partial charge in [-0.2, -0.15) is 0 Å². The van der Waals surface area contributed by atoms with Crippen molar-refractivity contribution in [3.05, 3.63) is 51.5 Å². The Morgan fingerprint density at radius 1 is 1.20 bits per heavy atom. The lowest BCUT2D eigenvalue weighted by Crippen LogP contribution is -1.99. The zero-order valence-electron chi connectivity index (χ0n) is 13.5. The summed E-state index contributed by atoms with van der Waals surface area (Å²) in [6.07, 6.45) is 3.01. The molecule has 2 aromatic carbocycles. The van der Waals surface area contributed by atoms with Gasteiger partial charge in [0.1, 0.15) is 5.01 Å². The summed E-state index contributed by atoms with van der Waals surface area (Å²) in [5.74, 6) is 0. The van der Waals surface area contributed by atoms with E-state index in [1.807, 2.05) is 24.3 Å². The minimum absolute atomic E-state index is 0.712. The number of benzene rings is 2. The fourth-order valence-electron chi connectivity index (χ4n) is 3.14. The number of fused-ring (bicyclic) bond motifs is 2. The number of unbranched alkanes of at least 4 members (excludes halogenated alkanes) is 1. The topological polar surface area (TPSA) is 54.7 Å². The predicted octanol–water partition coefficient (Wildman–Crippen LogP) is 6.14. The van der Waals surface area contributed by atoms with Crippen LogP contribution in [0.4, 0.5) is 0 Å². The van der Waals surface area contributed by atoms with Gasteiger partial charge in [-0.05, 0) is 71.6 Å². The normalized spacial score (nSPS) is 11.6. The van der Waals surface area contributed by atoms with E-state index in [2.05, 4.69) is 33.0 Å². The Kier molecular flexibility index (Phi) is 4.82. The lowest BCUT2D eigenvalue weighted by Gasteiger charge is -2.03. The molecule has 3 N–H and O–H groups in total. The molecule has 0 aliphatic rings. The lowest BCUT2D eigenvalue weighted by molar-refractivity contribution is 0.748. The number of nitrogens with zero attached hydrogens (tertiary/aromatic N) is 1. The van der Waals surface area contributed by atoms with Crippen molar-refractivity contribution in [2.45, 2.75) is 19.3 Å². The molecule has 0 saturated carbocycles. The summed E-state index contributed by atoms with van der Waals surface area (Å²) in [6, 6.07) is 12.2. The SMILES string of the molecule is NCCCCc1c(-c2nc3ccccc3s2)[nH]c2c(Br)cc(Cl)cc12. The third kappa shape index (κ3) is 3.22. The molecule has 0 unspecified atom stereocenters. The Bertz CT molecular complexity index is 1020. The Morgan fingerprint density at radius 3 is 2.84 bits per heavy atom. The summed E-state index contributed by atoms with van der Waals surface area (Å²) < 4.78 is 2.17. The first kappa shape index (κ1) is 17.0. The number of nitrogens with one attached hydrogen (secondary N) is 1. The Morgan fingerprint density at radius 2 is 2.04 bits per heavy atom. The monoisotopic (exact) mass is 433 g/mol. The highest BCUT2D eigenvalue weighted by molar-refractivity contribution is 9.10. The van der Waals surface area contributed by atoms with Crippen LogP contribution in [0, 0.1) is 0 Å². The van der Waals surface area contributed by atoms with Crippen LogP contribution in [0.3, 0.4) is 0 Å². The number of rotatable bonds is 5. The van der Waals surface area contributed by atoms with Crippen LogP contribution in [0.25, 0.3) is 31.8 Å². The number of aryl methyl sites for hydroxylation is 1. The van der Waals surface area contributed by atoms with Crippen LogP contribution in [0.15, 0.2) is 40.9 Å². The number of halogens is 2. The number of H-pyrrole nitrogens is 1. The van der Waals surface area contributed by atoms with Crippen LogP contribution in [-0.2, 0) is 6.42 Å². The molecule has 2 heterocycles. The second kappa shape index (κ2) is 7.08. The average Bonchev–Trinajstić information content (AvgIpc) is 3.17. The summed E-state index contributed by atoms with van der Waals surface area (Å²) in [7, 11) is 0. The van der Waals surface area contributed by atoms with Crippen LogP contribution in [-0.4, -0.2) is 16.5 Å². The third-order valence-corrected chi connectivity index (χ3v) is 6.22. The number of para-hydroxylation sites is 1. The average molecular weight is 435 g/mol. The quantitative estimate of drug-likeness (QED) is 0.371. The van der Waals surface area contributed by atoms with Gasteiger partial charge in [-0.15, -0.1) is 11.3 Å². The highest BCUT2D eigenvalue weighted by Crippen LogP contribution is 2.39. The fourth-order valence-corrected chi connectivity index (χ4v) is 5.04. The molecule has 4 aromatic rings. The molecule has 0 radical (unpaired) electrons. The van der Waals surface area contributed by atoms with Gasteiger partial charge in [-0.25, -0.2) is 4.98 Å². The highest BCUT2D eigenvalue weighted by Gasteiger charge is 2.18. The van der Waals surface area contributed by atoms with E-state index in [0.717, 1.165) is 55.9 Å². The summed E-state index contributed by atoms with van der Waals surface area (Å²) >= 11 is 11.6. The molecule has 4 rings (SSSR count). The maximum Gasteiger partial charge on any atom is 0.141 e. The van der Waals surface area contributed by atoms with Gasteiger partial charge in [0.15, 0.2) is 0 Å². The molecule has 2 aromatic heterocycles. The van der Waals surface area contributed by atoms with Gasteiger partial charge in [0, 0.05) is 14.9 Å². The molecule has 6 heteroatoms. The number of thiazole rings is 1. The Hall–Kier alpha value is -1.40. The lowest BCUT2D eigenvalue weighted by atomic mass is 10.0. The molecule has 0 bridgehead atoms. The van der Waals surface area contributed by atoms with Gasteiger partial charge in [0.25, 0.3) is 0 Å². The predicted molar refractivity (Wildman–Crippen MR) is 112 cm³/mol. The van der Waals surface area contributed by atoms with E-state index in [0.29, 0.717) is 6.54 Å². The molecule has 0 amide bonds. The van der Waals surface area contributed by atoms with Crippen molar-refractivity contribution in [2.75, 3.05) is 6.54 Å². The molecule has 128 valence electrons. The van der Waals surface area contributed by atoms with Crippen molar-refractivity contribution in [3.63, 3.8) is 0 Å². The minimum Gasteiger partial charge on any atom is -0.351 e. The van der Waals surface area contributed by atoms with E-state index in [4.69, 9.17) is 22.3 Å². The van der Waals surface area contributed by atoms with Crippen molar-refractivity contribution in [1.82, 2.24) is 9.97 Å². The highest BCUT2D eigenvalue weighted by atomic mass is 79.9. The van der Waals surface area contributed by atoms with Crippen molar-refractivity contribution in [2.24, 2.45) is 5.73 Å². The van der Waals surface area contributed by atoms with E-state index in [1.165, 1.54) is 10.3 Å². The van der Waals surface area contributed by atoms with Crippen molar-refractivity contribution < 1.29 is 0 Å². The smallest absolute Gasteiger partial charge is 0.141 e. The molecule has 0 fully saturated rings. The number of hydrogen-bond acceptors (Lipinski definition) is 3. The summed E-state index contributed by atoms with van der Waals surface area (Å²) in [6.45, 7) is 0.712. The minimum atomic E-state index is 0.712. The Balaban J connectivity index is 1.91. The molecule has 0 spiro atoms. The zero-order valence-corrected chi connectivity index (χ0v) is 16.6.